The van der Waals surface area contributed by atoms with Crippen molar-refractivity contribution < 1.29 is 14.3 Å². The number of nitrogens with one attached hydrogen (secondary N) is 1. The van der Waals surface area contributed by atoms with E-state index in [1.165, 1.54) is 12.8 Å². The molecule has 0 heterocycles. The van der Waals surface area contributed by atoms with Crippen molar-refractivity contribution in [1.82, 2.24) is 10.2 Å². The van der Waals surface area contributed by atoms with Gasteiger partial charge in [0.1, 0.15) is 0 Å². The number of rotatable bonds is 7. The number of esters is 1. The van der Waals surface area contributed by atoms with Gasteiger partial charge in [0.25, 0.3) is 0 Å². The Balaban J connectivity index is 1.74. The minimum Gasteiger partial charge on any atom is -0.465 e. The third-order valence-corrected chi connectivity index (χ3v) is 4.43. The van der Waals surface area contributed by atoms with E-state index < -0.39 is 0 Å². The molecule has 2 saturated carbocycles. The number of hydrogen-bond donors (Lipinski definition) is 1. The fraction of sp³-hybridized carbons (Fsp3) is 0.875. The van der Waals surface area contributed by atoms with Crippen molar-refractivity contribution in [3.8, 4) is 0 Å². The van der Waals surface area contributed by atoms with Crippen LogP contribution in [0.15, 0.2) is 0 Å². The van der Waals surface area contributed by atoms with Gasteiger partial charge in [-0.05, 0) is 51.4 Å². The second-order valence-electron chi connectivity index (χ2n) is 6.47. The van der Waals surface area contributed by atoms with Crippen LogP contribution in [-0.4, -0.2) is 48.6 Å². The Labute approximate surface area is 127 Å². The van der Waals surface area contributed by atoms with Crippen molar-refractivity contribution >= 4 is 11.9 Å². The SMILES string of the molecule is CCOC(=O)CN(CC(=O)NC1CCC(C)CC1)C1CC1. The van der Waals surface area contributed by atoms with Crippen LogP contribution < -0.4 is 5.32 Å². The summed E-state index contributed by atoms with van der Waals surface area (Å²) in [6.07, 6.45) is 6.70. The number of carbonyl (C=O) groups is 2. The summed E-state index contributed by atoms with van der Waals surface area (Å²) in [5, 5.41) is 3.13. The van der Waals surface area contributed by atoms with Crippen molar-refractivity contribution in [3.63, 3.8) is 0 Å². The Morgan fingerprint density at radius 1 is 1.10 bits per heavy atom. The maximum atomic E-state index is 12.2. The van der Waals surface area contributed by atoms with Crippen molar-refractivity contribution in [3.05, 3.63) is 0 Å². The molecule has 0 unspecified atom stereocenters. The first-order valence-corrected chi connectivity index (χ1v) is 8.27. The summed E-state index contributed by atoms with van der Waals surface area (Å²) in [5.74, 6) is 0.597. The number of amides is 1. The minimum absolute atomic E-state index is 0.0470. The maximum absolute atomic E-state index is 12.2. The lowest BCUT2D eigenvalue weighted by Gasteiger charge is -2.28. The molecule has 0 aliphatic heterocycles. The van der Waals surface area contributed by atoms with E-state index in [0.29, 0.717) is 25.2 Å². The minimum atomic E-state index is -0.233. The first-order chi connectivity index (χ1) is 10.1. The summed E-state index contributed by atoms with van der Waals surface area (Å²) >= 11 is 0. The van der Waals surface area contributed by atoms with Gasteiger partial charge in [0.05, 0.1) is 19.7 Å². The van der Waals surface area contributed by atoms with Crippen LogP contribution in [-0.2, 0) is 14.3 Å². The second-order valence-corrected chi connectivity index (χ2v) is 6.47. The Kier molecular flexibility index (Phi) is 6.03. The molecule has 21 heavy (non-hydrogen) atoms. The molecular formula is C16H28N2O3. The molecule has 1 amide bonds. The summed E-state index contributed by atoms with van der Waals surface area (Å²) < 4.78 is 4.98. The Bertz CT molecular complexity index is 361. The molecule has 0 aromatic rings. The van der Waals surface area contributed by atoms with Gasteiger partial charge < -0.3 is 10.1 Å². The molecule has 2 rings (SSSR count). The lowest BCUT2D eigenvalue weighted by Crippen LogP contribution is -2.45. The van der Waals surface area contributed by atoms with E-state index in [2.05, 4.69) is 12.2 Å². The van der Waals surface area contributed by atoms with Gasteiger partial charge in [-0.1, -0.05) is 6.92 Å². The van der Waals surface area contributed by atoms with Crippen LogP contribution in [0.25, 0.3) is 0 Å². The highest BCUT2D eigenvalue weighted by atomic mass is 16.5. The zero-order valence-electron chi connectivity index (χ0n) is 13.3. The maximum Gasteiger partial charge on any atom is 0.320 e. The monoisotopic (exact) mass is 296 g/mol. The predicted molar refractivity (Wildman–Crippen MR) is 80.8 cm³/mol. The summed E-state index contributed by atoms with van der Waals surface area (Å²) in [6.45, 7) is 5.01. The molecule has 0 saturated heterocycles. The first kappa shape index (κ1) is 16.3. The molecule has 120 valence electrons. The number of ether oxygens (including phenoxy) is 1. The summed E-state index contributed by atoms with van der Waals surface area (Å²) in [7, 11) is 0. The van der Waals surface area contributed by atoms with Gasteiger partial charge in [-0.25, -0.2) is 0 Å². The third-order valence-electron chi connectivity index (χ3n) is 4.43. The van der Waals surface area contributed by atoms with Crippen molar-refractivity contribution in [2.75, 3.05) is 19.7 Å². The first-order valence-electron chi connectivity index (χ1n) is 8.27. The van der Waals surface area contributed by atoms with Crippen LogP contribution in [0.5, 0.6) is 0 Å². The predicted octanol–water partition coefficient (Wildman–Crippen LogP) is 1.71. The van der Waals surface area contributed by atoms with E-state index in [1.54, 1.807) is 6.92 Å². The van der Waals surface area contributed by atoms with Crippen LogP contribution >= 0.6 is 0 Å². The Morgan fingerprint density at radius 2 is 1.76 bits per heavy atom. The molecule has 0 aromatic heterocycles. The topological polar surface area (TPSA) is 58.6 Å². The normalized spacial score (nSPS) is 25.7. The molecule has 5 nitrogen and oxygen atoms in total. The van der Waals surface area contributed by atoms with Gasteiger partial charge in [0.2, 0.25) is 5.91 Å². The average molecular weight is 296 g/mol. The molecule has 0 aromatic carbocycles. The molecule has 0 radical (unpaired) electrons. The Hall–Kier alpha value is -1.10. The van der Waals surface area contributed by atoms with Gasteiger partial charge in [0, 0.05) is 12.1 Å². The van der Waals surface area contributed by atoms with E-state index >= 15 is 0 Å². The van der Waals surface area contributed by atoms with Crippen LogP contribution in [0.1, 0.15) is 52.4 Å². The molecule has 2 aliphatic rings. The van der Waals surface area contributed by atoms with Crippen molar-refractivity contribution in [2.45, 2.75) is 64.5 Å². The van der Waals surface area contributed by atoms with E-state index in [0.717, 1.165) is 31.6 Å². The quantitative estimate of drug-likeness (QED) is 0.727. The van der Waals surface area contributed by atoms with Crippen molar-refractivity contribution in [2.24, 2.45) is 5.92 Å². The van der Waals surface area contributed by atoms with Crippen LogP contribution in [0.4, 0.5) is 0 Å². The molecule has 0 bridgehead atoms. The van der Waals surface area contributed by atoms with Gasteiger partial charge >= 0.3 is 5.97 Å². The fourth-order valence-electron chi connectivity index (χ4n) is 2.99. The lowest BCUT2D eigenvalue weighted by atomic mass is 9.87. The standard InChI is InChI=1S/C16H28N2O3/c1-3-21-16(20)11-18(14-8-9-14)10-15(19)17-13-6-4-12(2)5-7-13/h12-14H,3-11H2,1-2H3,(H,17,19). The van der Waals surface area contributed by atoms with E-state index in [9.17, 15) is 9.59 Å². The average Bonchev–Trinajstić information content (AvgIpc) is 3.25. The molecule has 2 aliphatic carbocycles. The smallest absolute Gasteiger partial charge is 0.320 e. The van der Waals surface area contributed by atoms with E-state index in [-0.39, 0.29) is 18.4 Å². The second kappa shape index (κ2) is 7.78. The van der Waals surface area contributed by atoms with Crippen molar-refractivity contribution in [1.29, 1.82) is 0 Å². The van der Waals surface area contributed by atoms with Gasteiger partial charge in [-0.3, -0.25) is 14.5 Å². The number of hydrogen-bond acceptors (Lipinski definition) is 4. The number of carbonyl (C=O) groups excluding carboxylic acids is 2. The molecule has 0 spiro atoms. The Morgan fingerprint density at radius 3 is 2.33 bits per heavy atom. The van der Waals surface area contributed by atoms with Gasteiger partial charge in [-0.15, -0.1) is 0 Å². The third kappa shape index (κ3) is 5.65. The molecule has 1 N–H and O–H groups in total. The van der Waals surface area contributed by atoms with Crippen LogP contribution in [0.2, 0.25) is 0 Å². The van der Waals surface area contributed by atoms with E-state index in [1.807, 2.05) is 4.90 Å². The highest BCUT2D eigenvalue weighted by molar-refractivity contribution is 5.79. The highest BCUT2D eigenvalue weighted by Crippen LogP contribution is 2.27. The summed E-state index contributed by atoms with van der Waals surface area (Å²) in [5.41, 5.74) is 0. The van der Waals surface area contributed by atoms with Crippen LogP contribution in [0.3, 0.4) is 0 Å². The number of nitrogens with zero attached hydrogens (tertiary/aromatic N) is 1. The van der Waals surface area contributed by atoms with Gasteiger partial charge in [-0.2, -0.15) is 0 Å². The molecule has 2 fully saturated rings. The fourth-order valence-corrected chi connectivity index (χ4v) is 2.99. The van der Waals surface area contributed by atoms with E-state index in [4.69, 9.17) is 4.74 Å². The molecular weight excluding hydrogens is 268 g/mol. The molecule has 5 heteroatoms. The largest absolute Gasteiger partial charge is 0.465 e. The van der Waals surface area contributed by atoms with Gasteiger partial charge in [0.15, 0.2) is 0 Å². The highest BCUT2D eigenvalue weighted by Gasteiger charge is 2.32. The summed E-state index contributed by atoms with van der Waals surface area (Å²) in [4.78, 5) is 25.7. The zero-order chi connectivity index (χ0) is 15.2. The zero-order valence-corrected chi connectivity index (χ0v) is 13.3. The lowest BCUT2D eigenvalue weighted by molar-refractivity contribution is -0.144. The van der Waals surface area contributed by atoms with Crippen LogP contribution in [0, 0.1) is 5.92 Å². The summed E-state index contributed by atoms with van der Waals surface area (Å²) in [6, 6.07) is 0.698. The molecule has 0 atom stereocenters.